The van der Waals surface area contributed by atoms with Crippen molar-refractivity contribution >= 4 is 31.9 Å². The van der Waals surface area contributed by atoms with E-state index in [1.807, 2.05) is 30.3 Å². The van der Waals surface area contributed by atoms with Crippen LogP contribution in [0.1, 0.15) is 11.5 Å². The molecule has 1 N–H and O–H groups in total. The molecule has 0 spiro atoms. The summed E-state index contributed by atoms with van der Waals surface area (Å²) in [4.78, 5) is 0. The highest BCUT2D eigenvalue weighted by Gasteiger charge is 2.12. The van der Waals surface area contributed by atoms with E-state index in [2.05, 4.69) is 42.1 Å². The molecule has 0 aliphatic carbocycles. The molecule has 7 heteroatoms. The minimum atomic E-state index is -0.110. The molecule has 23 heavy (non-hydrogen) atoms. The molecule has 0 aliphatic rings. The second-order valence-corrected chi connectivity index (χ2v) is 6.45. The molecule has 0 unspecified atom stereocenters. The first-order chi connectivity index (χ1) is 11.2. The summed E-state index contributed by atoms with van der Waals surface area (Å²) in [6.45, 7) is 0.0207. The number of halogens is 2. The Bertz CT molecular complexity index is 821. The predicted octanol–water partition coefficient (Wildman–Crippen LogP) is 4.33. The highest BCUT2D eigenvalue weighted by Crippen LogP contribution is 2.27. The Kier molecular flexibility index (Phi) is 5.09. The van der Waals surface area contributed by atoms with Crippen LogP contribution in [0.4, 0.5) is 0 Å². The molecule has 0 saturated heterocycles. The lowest BCUT2D eigenvalue weighted by Gasteiger charge is -2.08. The molecule has 3 aromatic rings. The zero-order chi connectivity index (χ0) is 16.2. The summed E-state index contributed by atoms with van der Waals surface area (Å²) >= 11 is 6.81. The third-order valence-corrected chi connectivity index (χ3v) is 4.30. The fourth-order valence-electron chi connectivity index (χ4n) is 2.01. The van der Waals surface area contributed by atoms with E-state index in [9.17, 15) is 5.11 Å². The Labute approximate surface area is 149 Å². The summed E-state index contributed by atoms with van der Waals surface area (Å²) in [5, 5.41) is 17.4. The smallest absolute Gasteiger partial charge is 0.254 e. The first-order valence-corrected chi connectivity index (χ1v) is 8.35. The van der Waals surface area contributed by atoms with Crippen LogP contribution < -0.4 is 4.74 Å². The van der Waals surface area contributed by atoms with Crippen molar-refractivity contribution < 1.29 is 14.3 Å². The SMILES string of the molecule is OCc1cc(Br)ccc1OCc1nnc(-c2ccccc2Br)o1. The number of benzene rings is 2. The van der Waals surface area contributed by atoms with Gasteiger partial charge in [-0.25, -0.2) is 0 Å². The lowest BCUT2D eigenvalue weighted by molar-refractivity contribution is 0.242. The largest absolute Gasteiger partial charge is 0.483 e. The van der Waals surface area contributed by atoms with Crippen molar-refractivity contribution in [1.82, 2.24) is 10.2 Å². The molecule has 5 nitrogen and oxygen atoms in total. The minimum absolute atomic E-state index is 0.110. The number of aliphatic hydroxyl groups excluding tert-OH is 1. The van der Waals surface area contributed by atoms with Crippen LogP contribution in [0.3, 0.4) is 0 Å². The van der Waals surface area contributed by atoms with Crippen LogP contribution in [-0.4, -0.2) is 15.3 Å². The zero-order valence-electron chi connectivity index (χ0n) is 11.9. The average molecular weight is 440 g/mol. The van der Waals surface area contributed by atoms with Crippen molar-refractivity contribution in [1.29, 1.82) is 0 Å². The van der Waals surface area contributed by atoms with E-state index in [1.54, 1.807) is 12.1 Å². The maximum Gasteiger partial charge on any atom is 0.254 e. The van der Waals surface area contributed by atoms with Gasteiger partial charge in [0.25, 0.3) is 5.89 Å². The van der Waals surface area contributed by atoms with Crippen molar-refractivity contribution in [3.05, 3.63) is 62.9 Å². The molecule has 118 valence electrons. The van der Waals surface area contributed by atoms with Crippen molar-refractivity contribution in [2.75, 3.05) is 0 Å². The Hall–Kier alpha value is -1.70. The van der Waals surface area contributed by atoms with Crippen molar-refractivity contribution in [2.45, 2.75) is 13.2 Å². The molecule has 0 saturated carbocycles. The Balaban J connectivity index is 1.74. The van der Waals surface area contributed by atoms with Gasteiger partial charge < -0.3 is 14.3 Å². The third-order valence-electron chi connectivity index (χ3n) is 3.12. The van der Waals surface area contributed by atoms with Gasteiger partial charge in [-0.3, -0.25) is 0 Å². The molecule has 0 atom stereocenters. The van der Waals surface area contributed by atoms with Crippen LogP contribution in [-0.2, 0) is 13.2 Å². The standard InChI is InChI=1S/C16H12Br2N2O3/c17-11-5-6-14(10(7-11)8-21)22-9-15-19-20-16(23-15)12-3-1-2-4-13(12)18/h1-7,21H,8-9H2. The maximum atomic E-state index is 9.37. The number of aliphatic hydroxyl groups is 1. The fraction of sp³-hybridized carbons (Fsp3) is 0.125. The summed E-state index contributed by atoms with van der Waals surface area (Å²) in [6, 6.07) is 13.0. The zero-order valence-corrected chi connectivity index (χ0v) is 15.0. The van der Waals surface area contributed by atoms with Gasteiger partial charge in [-0.15, -0.1) is 10.2 Å². The van der Waals surface area contributed by atoms with E-state index < -0.39 is 0 Å². The summed E-state index contributed by atoms with van der Waals surface area (Å²) in [6.07, 6.45) is 0. The maximum absolute atomic E-state index is 9.37. The molecule has 0 fully saturated rings. The Morgan fingerprint density at radius 2 is 1.91 bits per heavy atom. The van der Waals surface area contributed by atoms with Crippen LogP contribution in [0, 0.1) is 0 Å². The molecular formula is C16H12Br2N2O3. The van der Waals surface area contributed by atoms with Crippen molar-refractivity contribution in [3.63, 3.8) is 0 Å². The van der Waals surface area contributed by atoms with Crippen LogP contribution in [0.2, 0.25) is 0 Å². The number of rotatable bonds is 5. The highest BCUT2D eigenvalue weighted by atomic mass is 79.9. The monoisotopic (exact) mass is 438 g/mol. The van der Waals surface area contributed by atoms with Crippen LogP contribution in [0.15, 0.2) is 55.8 Å². The minimum Gasteiger partial charge on any atom is -0.483 e. The highest BCUT2D eigenvalue weighted by molar-refractivity contribution is 9.10. The van der Waals surface area contributed by atoms with E-state index in [1.165, 1.54) is 0 Å². The lowest BCUT2D eigenvalue weighted by Crippen LogP contribution is -1.99. The van der Waals surface area contributed by atoms with Crippen molar-refractivity contribution in [3.8, 4) is 17.2 Å². The summed E-state index contributed by atoms with van der Waals surface area (Å²) in [5.41, 5.74) is 1.51. The third kappa shape index (κ3) is 3.80. The molecular weight excluding hydrogens is 428 g/mol. The van der Waals surface area contributed by atoms with Gasteiger partial charge in [0.2, 0.25) is 5.89 Å². The van der Waals surface area contributed by atoms with Crippen LogP contribution >= 0.6 is 31.9 Å². The fourth-order valence-corrected chi connectivity index (χ4v) is 2.87. The summed E-state index contributed by atoms with van der Waals surface area (Å²) < 4.78 is 13.0. The van der Waals surface area contributed by atoms with Crippen molar-refractivity contribution in [2.24, 2.45) is 0 Å². The van der Waals surface area contributed by atoms with Crippen LogP contribution in [0.5, 0.6) is 5.75 Å². The number of hydrogen-bond acceptors (Lipinski definition) is 5. The molecule has 3 rings (SSSR count). The summed E-state index contributed by atoms with van der Waals surface area (Å²) in [7, 11) is 0. The average Bonchev–Trinajstić information content (AvgIpc) is 3.02. The number of ether oxygens (including phenoxy) is 1. The van der Waals surface area contributed by atoms with Gasteiger partial charge in [-0.2, -0.15) is 0 Å². The van der Waals surface area contributed by atoms with E-state index in [4.69, 9.17) is 9.15 Å². The first-order valence-electron chi connectivity index (χ1n) is 6.76. The molecule has 2 aromatic carbocycles. The number of hydrogen-bond donors (Lipinski definition) is 1. The van der Waals surface area contributed by atoms with E-state index in [0.717, 1.165) is 14.5 Å². The Morgan fingerprint density at radius 3 is 2.70 bits per heavy atom. The van der Waals surface area contributed by atoms with Crippen LogP contribution in [0.25, 0.3) is 11.5 Å². The molecule has 0 bridgehead atoms. The first kappa shape index (κ1) is 16.2. The van der Waals surface area contributed by atoms with Gasteiger partial charge in [0.1, 0.15) is 5.75 Å². The van der Waals surface area contributed by atoms with Gasteiger partial charge in [0.05, 0.1) is 12.2 Å². The Morgan fingerprint density at radius 1 is 1.09 bits per heavy atom. The lowest BCUT2D eigenvalue weighted by atomic mass is 10.2. The quantitative estimate of drug-likeness (QED) is 0.640. The van der Waals surface area contributed by atoms with E-state index in [0.29, 0.717) is 23.1 Å². The predicted molar refractivity (Wildman–Crippen MR) is 91.8 cm³/mol. The normalized spacial score (nSPS) is 10.7. The topological polar surface area (TPSA) is 68.4 Å². The van der Waals surface area contributed by atoms with Gasteiger partial charge in [0, 0.05) is 14.5 Å². The second-order valence-electron chi connectivity index (χ2n) is 4.68. The van der Waals surface area contributed by atoms with Gasteiger partial charge in [-0.1, -0.05) is 28.1 Å². The second kappa shape index (κ2) is 7.25. The molecule has 1 aromatic heterocycles. The molecule has 0 amide bonds. The van der Waals surface area contributed by atoms with E-state index >= 15 is 0 Å². The number of nitrogens with zero attached hydrogens (tertiary/aromatic N) is 2. The molecule has 0 aliphatic heterocycles. The molecule has 0 radical (unpaired) electrons. The van der Waals surface area contributed by atoms with Gasteiger partial charge in [0.15, 0.2) is 6.61 Å². The molecule has 1 heterocycles. The number of aromatic nitrogens is 2. The van der Waals surface area contributed by atoms with Gasteiger partial charge in [-0.05, 0) is 46.3 Å². The summed E-state index contributed by atoms with van der Waals surface area (Å²) in [5.74, 6) is 1.37. The van der Waals surface area contributed by atoms with Gasteiger partial charge >= 0.3 is 0 Å². The van der Waals surface area contributed by atoms with E-state index in [-0.39, 0.29) is 13.2 Å².